The quantitative estimate of drug-likeness (QED) is 0.937. The zero-order chi connectivity index (χ0) is 14.8. The summed E-state index contributed by atoms with van der Waals surface area (Å²) in [6.45, 7) is 4.05. The lowest BCUT2D eigenvalue weighted by Gasteiger charge is -2.36. The Balaban J connectivity index is 1.78. The van der Waals surface area contributed by atoms with Crippen LogP contribution in [0.2, 0.25) is 0 Å². The van der Waals surface area contributed by atoms with E-state index in [1.165, 1.54) is 10.4 Å². The van der Waals surface area contributed by atoms with Crippen molar-refractivity contribution in [1.82, 2.24) is 4.37 Å². The van der Waals surface area contributed by atoms with Crippen molar-refractivity contribution in [3.05, 3.63) is 24.3 Å². The molecule has 0 saturated carbocycles. The number of hydrogen-bond donors (Lipinski definition) is 1. The molecule has 0 aliphatic carbocycles. The molecule has 2 unspecified atom stereocenters. The van der Waals surface area contributed by atoms with Gasteiger partial charge in [0.1, 0.15) is 5.00 Å². The van der Waals surface area contributed by atoms with Gasteiger partial charge in [0.25, 0.3) is 0 Å². The Labute approximate surface area is 128 Å². The van der Waals surface area contributed by atoms with Gasteiger partial charge in [-0.15, -0.1) is 0 Å². The predicted octanol–water partition coefficient (Wildman–Crippen LogP) is 3.62. The fraction of sp³-hybridized carbons (Fsp3) is 0.500. The monoisotopic (exact) mass is 304 g/mol. The summed E-state index contributed by atoms with van der Waals surface area (Å²) >= 11 is 1.56. The number of anilines is 1. The molecule has 1 aromatic heterocycles. The highest BCUT2D eigenvalue weighted by molar-refractivity contribution is 7.11. The Bertz CT molecular complexity index is 640. The topological polar surface area (TPSA) is 53.4 Å². The van der Waals surface area contributed by atoms with E-state index in [1.807, 2.05) is 12.1 Å². The molecule has 3 rings (SSSR count). The molecule has 5 heteroatoms. The molecule has 0 bridgehead atoms. The lowest BCUT2D eigenvalue weighted by atomic mass is 9.85. The minimum absolute atomic E-state index is 0.226. The molecule has 0 amide bonds. The number of carbonyl (C=O) groups is 1. The van der Waals surface area contributed by atoms with Crippen LogP contribution in [-0.4, -0.2) is 28.5 Å². The first kappa shape index (κ1) is 14.3. The minimum Gasteiger partial charge on any atom is -0.481 e. The van der Waals surface area contributed by atoms with Gasteiger partial charge in [-0.2, -0.15) is 4.37 Å². The van der Waals surface area contributed by atoms with E-state index in [9.17, 15) is 4.79 Å². The summed E-state index contributed by atoms with van der Waals surface area (Å²) in [7, 11) is 0. The van der Waals surface area contributed by atoms with Crippen LogP contribution in [0.25, 0.3) is 10.9 Å². The van der Waals surface area contributed by atoms with Crippen LogP contribution in [0.15, 0.2) is 24.3 Å². The number of carboxylic acids is 1. The minimum atomic E-state index is -0.692. The van der Waals surface area contributed by atoms with Crippen LogP contribution in [-0.2, 0) is 4.79 Å². The molecule has 1 N–H and O–H groups in total. The van der Waals surface area contributed by atoms with E-state index in [-0.39, 0.29) is 12.3 Å². The van der Waals surface area contributed by atoms with Crippen molar-refractivity contribution in [2.24, 2.45) is 11.8 Å². The standard InChI is InChI=1S/C16H20N2O2S/c1-11(9-15(19)20)12-5-4-8-18(10-12)16-13-6-2-3-7-14(13)17-21-16/h2-3,6-7,11-12H,4-5,8-10H2,1H3,(H,19,20). The highest BCUT2D eigenvalue weighted by atomic mass is 32.1. The molecule has 1 fully saturated rings. The van der Waals surface area contributed by atoms with Gasteiger partial charge in [0, 0.05) is 24.9 Å². The predicted molar refractivity (Wildman–Crippen MR) is 86.0 cm³/mol. The average molecular weight is 304 g/mol. The highest BCUT2D eigenvalue weighted by Gasteiger charge is 2.27. The third kappa shape index (κ3) is 3.02. The smallest absolute Gasteiger partial charge is 0.303 e. The molecule has 112 valence electrons. The van der Waals surface area contributed by atoms with Gasteiger partial charge in [-0.05, 0) is 48.3 Å². The molecule has 0 spiro atoms. The highest BCUT2D eigenvalue weighted by Crippen LogP contribution is 2.35. The largest absolute Gasteiger partial charge is 0.481 e. The molecule has 2 aromatic rings. The van der Waals surface area contributed by atoms with Crippen LogP contribution in [0.1, 0.15) is 26.2 Å². The lowest BCUT2D eigenvalue weighted by Crippen LogP contribution is -2.38. The molecule has 1 aliphatic rings. The summed E-state index contributed by atoms with van der Waals surface area (Å²) in [5.74, 6) is -0.0111. The van der Waals surface area contributed by atoms with Gasteiger partial charge in [-0.1, -0.05) is 19.1 Å². The number of nitrogens with zero attached hydrogens (tertiary/aromatic N) is 2. The van der Waals surface area contributed by atoms with E-state index < -0.39 is 5.97 Å². The van der Waals surface area contributed by atoms with Gasteiger partial charge >= 0.3 is 5.97 Å². The van der Waals surface area contributed by atoms with Gasteiger partial charge in [-0.3, -0.25) is 4.79 Å². The summed E-state index contributed by atoms with van der Waals surface area (Å²) in [6.07, 6.45) is 2.52. The number of benzene rings is 1. The third-order valence-electron chi connectivity index (χ3n) is 4.41. The van der Waals surface area contributed by atoms with Crippen LogP contribution < -0.4 is 4.90 Å². The zero-order valence-electron chi connectivity index (χ0n) is 12.2. The fourth-order valence-corrected chi connectivity index (χ4v) is 4.10. The van der Waals surface area contributed by atoms with Gasteiger partial charge in [0.05, 0.1) is 5.52 Å². The van der Waals surface area contributed by atoms with Gasteiger partial charge in [-0.25, -0.2) is 0 Å². The van der Waals surface area contributed by atoms with Crippen molar-refractivity contribution in [1.29, 1.82) is 0 Å². The maximum atomic E-state index is 10.9. The second-order valence-electron chi connectivity index (χ2n) is 5.93. The first-order chi connectivity index (χ1) is 10.1. The van der Waals surface area contributed by atoms with E-state index in [2.05, 4.69) is 28.3 Å². The second kappa shape index (κ2) is 6.02. The van der Waals surface area contributed by atoms with Gasteiger partial charge < -0.3 is 10.0 Å². The van der Waals surface area contributed by atoms with Crippen molar-refractivity contribution in [2.75, 3.05) is 18.0 Å². The van der Waals surface area contributed by atoms with E-state index in [0.29, 0.717) is 5.92 Å². The number of fused-ring (bicyclic) bond motifs is 1. The van der Waals surface area contributed by atoms with Crippen LogP contribution in [0.3, 0.4) is 0 Å². The summed E-state index contributed by atoms with van der Waals surface area (Å²) in [4.78, 5) is 13.3. The Hall–Kier alpha value is -1.62. The summed E-state index contributed by atoms with van der Waals surface area (Å²) in [5.41, 5.74) is 1.05. The summed E-state index contributed by atoms with van der Waals surface area (Å²) in [5, 5.41) is 11.4. The van der Waals surface area contributed by atoms with Crippen LogP contribution in [0.5, 0.6) is 0 Å². The maximum Gasteiger partial charge on any atom is 0.303 e. The van der Waals surface area contributed by atoms with Crippen molar-refractivity contribution in [3.63, 3.8) is 0 Å². The van der Waals surface area contributed by atoms with Crippen molar-refractivity contribution in [2.45, 2.75) is 26.2 Å². The number of aromatic nitrogens is 1. The molecule has 2 heterocycles. The molecular weight excluding hydrogens is 284 g/mol. The van der Waals surface area contributed by atoms with Crippen molar-refractivity contribution >= 4 is 33.4 Å². The van der Waals surface area contributed by atoms with E-state index >= 15 is 0 Å². The van der Waals surface area contributed by atoms with Gasteiger partial charge in [0.2, 0.25) is 0 Å². The Kier molecular flexibility index (Phi) is 4.10. The molecule has 21 heavy (non-hydrogen) atoms. The lowest BCUT2D eigenvalue weighted by molar-refractivity contribution is -0.138. The van der Waals surface area contributed by atoms with Gasteiger partial charge in [0.15, 0.2) is 0 Å². The first-order valence-corrected chi connectivity index (χ1v) is 8.23. The van der Waals surface area contributed by atoms with Crippen LogP contribution >= 0.6 is 11.5 Å². The fourth-order valence-electron chi connectivity index (χ4n) is 3.20. The van der Waals surface area contributed by atoms with Crippen LogP contribution in [0, 0.1) is 11.8 Å². The molecular formula is C16H20N2O2S. The average Bonchev–Trinajstić information content (AvgIpc) is 2.90. The molecule has 1 aliphatic heterocycles. The third-order valence-corrected chi connectivity index (χ3v) is 5.35. The first-order valence-electron chi connectivity index (χ1n) is 7.46. The zero-order valence-corrected chi connectivity index (χ0v) is 13.0. The molecule has 2 atom stereocenters. The number of hydrogen-bond acceptors (Lipinski definition) is 4. The molecule has 1 saturated heterocycles. The van der Waals surface area contributed by atoms with E-state index in [1.54, 1.807) is 11.5 Å². The van der Waals surface area contributed by atoms with E-state index in [4.69, 9.17) is 5.11 Å². The number of rotatable bonds is 4. The molecule has 0 radical (unpaired) electrons. The molecule has 4 nitrogen and oxygen atoms in total. The van der Waals surface area contributed by atoms with Crippen molar-refractivity contribution in [3.8, 4) is 0 Å². The normalized spacial score (nSPS) is 20.6. The van der Waals surface area contributed by atoms with E-state index in [0.717, 1.165) is 31.4 Å². The number of aliphatic carboxylic acids is 1. The number of piperidine rings is 1. The van der Waals surface area contributed by atoms with Crippen LogP contribution in [0.4, 0.5) is 5.00 Å². The Morgan fingerprint density at radius 2 is 2.33 bits per heavy atom. The van der Waals surface area contributed by atoms with Crippen molar-refractivity contribution < 1.29 is 9.90 Å². The second-order valence-corrected chi connectivity index (χ2v) is 6.68. The SMILES string of the molecule is CC(CC(=O)O)C1CCCN(c2snc3ccccc23)C1. The Morgan fingerprint density at radius 3 is 3.14 bits per heavy atom. The molecule has 1 aromatic carbocycles. The summed E-state index contributed by atoms with van der Waals surface area (Å²) in [6, 6.07) is 8.23. The Morgan fingerprint density at radius 1 is 1.52 bits per heavy atom. The number of carboxylic acid groups (broad SMARTS) is 1. The maximum absolute atomic E-state index is 10.9. The summed E-state index contributed by atoms with van der Waals surface area (Å²) < 4.78 is 4.52.